The van der Waals surface area contributed by atoms with Crippen LogP contribution >= 0.6 is 11.8 Å². The maximum absolute atomic E-state index is 5.35. The normalized spacial score (nSPS) is 11.2. The van der Waals surface area contributed by atoms with E-state index in [-0.39, 0.29) is 0 Å². The number of hydrogen-bond acceptors (Lipinski definition) is 7. The second kappa shape index (κ2) is 9.21. The number of thioether (sulfide) groups is 1. The minimum atomic E-state index is 0.564. The van der Waals surface area contributed by atoms with Crippen molar-refractivity contribution in [3.63, 3.8) is 0 Å². The van der Waals surface area contributed by atoms with E-state index >= 15 is 0 Å². The van der Waals surface area contributed by atoms with Gasteiger partial charge in [0.05, 0.1) is 11.4 Å². The first-order valence-corrected chi connectivity index (χ1v) is 11.0. The Hall–Kier alpha value is -3.00. The monoisotopic (exact) mass is 420 g/mol. The minimum absolute atomic E-state index is 0.564. The first-order chi connectivity index (χ1) is 14.7. The lowest BCUT2D eigenvalue weighted by atomic mass is 10.1. The molecule has 154 valence electrons. The Balaban J connectivity index is 1.65. The van der Waals surface area contributed by atoms with Crippen molar-refractivity contribution in [1.29, 1.82) is 0 Å². The van der Waals surface area contributed by atoms with Gasteiger partial charge < -0.3 is 4.52 Å². The summed E-state index contributed by atoms with van der Waals surface area (Å²) >= 11 is 1.55. The second-order valence-electron chi connectivity index (χ2n) is 7.14. The third-order valence-corrected chi connectivity index (χ3v) is 5.83. The van der Waals surface area contributed by atoms with Gasteiger partial charge in [-0.2, -0.15) is 4.98 Å². The van der Waals surface area contributed by atoms with E-state index in [2.05, 4.69) is 68.9 Å². The summed E-state index contributed by atoms with van der Waals surface area (Å²) in [7, 11) is 0. The van der Waals surface area contributed by atoms with Crippen LogP contribution in [0, 0.1) is 13.8 Å². The van der Waals surface area contributed by atoms with E-state index in [9.17, 15) is 0 Å². The van der Waals surface area contributed by atoms with E-state index in [1.54, 1.807) is 24.2 Å². The Kier molecular flexibility index (Phi) is 6.23. The molecular weight excluding hydrogens is 396 g/mol. The molecule has 0 atom stereocenters. The van der Waals surface area contributed by atoms with E-state index in [1.807, 2.05) is 12.1 Å². The zero-order valence-electron chi connectivity index (χ0n) is 17.4. The van der Waals surface area contributed by atoms with Crippen LogP contribution in [-0.4, -0.2) is 29.9 Å². The van der Waals surface area contributed by atoms with Gasteiger partial charge in [-0.1, -0.05) is 36.3 Å². The number of unbranched alkanes of at least 4 members (excludes halogenated alkanes) is 1. The van der Waals surface area contributed by atoms with E-state index in [1.165, 1.54) is 11.1 Å². The van der Waals surface area contributed by atoms with Gasteiger partial charge >= 0.3 is 0 Å². The second-order valence-corrected chi connectivity index (χ2v) is 8.09. The molecule has 3 heterocycles. The number of pyridine rings is 1. The largest absolute Gasteiger partial charge is 0.339 e. The number of aryl methyl sites for hydroxylation is 3. The van der Waals surface area contributed by atoms with E-state index < -0.39 is 0 Å². The molecular formula is C22H24N6OS. The molecule has 0 saturated heterocycles. The van der Waals surface area contributed by atoms with Gasteiger partial charge in [-0.25, -0.2) is 0 Å². The number of hydrogen-bond donors (Lipinski definition) is 0. The van der Waals surface area contributed by atoms with Gasteiger partial charge in [0.15, 0.2) is 16.8 Å². The Morgan fingerprint density at radius 1 is 1.03 bits per heavy atom. The molecule has 0 N–H and O–H groups in total. The maximum Gasteiger partial charge on any atom is 0.226 e. The predicted molar refractivity (Wildman–Crippen MR) is 117 cm³/mol. The molecule has 0 bridgehead atoms. The highest BCUT2D eigenvalue weighted by Crippen LogP contribution is 2.30. The van der Waals surface area contributed by atoms with Crippen LogP contribution in [0.4, 0.5) is 0 Å². The predicted octanol–water partition coefficient (Wildman–Crippen LogP) is 4.96. The van der Waals surface area contributed by atoms with Crippen molar-refractivity contribution in [1.82, 2.24) is 29.9 Å². The van der Waals surface area contributed by atoms with Crippen LogP contribution in [0.2, 0.25) is 0 Å². The molecule has 0 unspecified atom stereocenters. The van der Waals surface area contributed by atoms with E-state index in [4.69, 9.17) is 4.52 Å². The Morgan fingerprint density at radius 3 is 2.63 bits per heavy atom. The fraction of sp³-hybridized carbons (Fsp3) is 0.318. The molecule has 0 spiro atoms. The van der Waals surface area contributed by atoms with Gasteiger partial charge in [0, 0.05) is 24.4 Å². The van der Waals surface area contributed by atoms with Crippen molar-refractivity contribution in [2.75, 3.05) is 0 Å². The molecule has 0 aliphatic rings. The lowest BCUT2D eigenvalue weighted by molar-refractivity contribution is 0.371. The van der Waals surface area contributed by atoms with Gasteiger partial charge in [-0.3, -0.25) is 9.55 Å². The zero-order valence-corrected chi connectivity index (χ0v) is 18.2. The molecule has 0 radical (unpaired) electrons. The number of aromatic nitrogens is 6. The summed E-state index contributed by atoms with van der Waals surface area (Å²) in [6.07, 6.45) is 6.49. The third-order valence-electron chi connectivity index (χ3n) is 4.91. The average Bonchev–Trinajstić information content (AvgIpc) is 3.40. The van der Waals surface area contributed by atoms with Gasteiger partial charge in [0.2, 0.25) is 5.89 Å². The molecule has 0 fully saturated rings. The van der Waals surface area contributed by atoms with Crippen molar-refractivity contribution in [3.05, 3.63) is 65.6 Å². The summed E-state index contributed by atoms with van der Waals surface area (Å²) in [6.45, 7) is 6.36. The van der Waals surface area contributed by atoms with Crippen molar-refractivity contribution < 1.29 is 4.52 Å². The van der Waals surface area contributed by atoms with Crippen LogP contribution in [-0.2, 0) is 12.2 Å². The highest BCUT2D eigenvalue weighted by Gasteiger charge is 2.18. The Bertz CT molecular complexity index is 1120. The van der Waals surface area contributed by atoms with E-state index in [0.29, 0.717) is 17.5 Å². The molecule has 3 aromatic heterocycles. The van der Waals surface area contributed by atoms with Gasteiger partial charge in [0.25, 0.3) is 0 Å². The smallest absolute Gasteiger partial charge is 0.226 e. The first-order valence-electron chi connectivity index (χ1n) is 10.0. The van der Waals surface area contributed by atoms with Crippen molar-refractivity contribution >= 4 is 11.8 Å². The summed E-state index contributed by atoms with van der Waals surface area (Å²) < 4.78 is 7.42. The summed E-state index contributed by atoms with van der Waals surface area (Å²) in [5.74, 6) is 2.71. The highest BCUT2D eigenvalue weighted by atomic mass is 32.2. The molecule has 0 saturated carbocycles. The first kappa shape index (κ1) is 20.3. The summed E-state index contributed by atoms with van der Waals surface area (Å²) in [6, 6.07) is 10.3. The molecule has 0 aliphatic heterocycles. The molecule has 8 heteroatoms. The van der Waals surface area contributed by atoms with Gasteiger partial charge in [-0.15, -0.1) is 10.2 Å². The van der Waals surface area contributed by atoms with Crippen LogP contribution in [0.1, 0.15) is 42.6 Å². The van der Waals surface area contributed by atoms with Crippen LogP contribution in [0.25, 0.3) is 17.1 Å². The van der Waals surface area contributed by atoms with Gasteiger partial charge in [0.1, 0.15) is 0 Å². The van der Waals surface area contributed by atoms with Crippen molar-refractivity contribution in [2.45, 2.75) is 50.9 Å². The Morgan fingerprint density at radius 2 is 1.87 bits per heavy atom. The SMILES string of the molecule is CCCCc1nc(CSc2nnc(-c3ccncc3)n2-c2ccc(C)c(C)c2)no1. The summed E-state index contributed by atoms with van der Waals surface area (Å²) in [5.41, 5.74) is 4.45. The van der Waals surface area contributed by atoms with Crippen molar-refractivity contribution in [2.24, 2.45) is 0 Å². The van der Waals surface area contributed by atoms with Crippen molar-refractivity contribution in [3.8, 4) is 17.1 Å². The number of rotatable bonds is 8. The van der Waals surface area contributed by atoms with E-state index in [0.717, 1.165) is 41.5 Å². The quantitative estimate of drug-likeness (QED) is 0.372. The fourth-order valence-electron chi connectivity index (χ4n) is 3.06. The number of nitrogens with zero attached hydrogens (tertiary/aromatic N) is 6. The van der Waals surface area contributed by atoms with Crippen LogP contribution in [0.15, 0.2) is 52.4 Å². The Labute approximate surface area is 180 Å². The lowest BCUT2D eigenvalue weighted by Crippen LogP contribution is -2.01. The fourth-order valence-corrected chi connectivity index (χ4v) is 3.85. The standard InChI is InChI=1S/C22H24N6OS/c1-4-5-6-20-24-19(27-29-20)14-30-22-26-25-21(17-9-11-23-12-10-17)28(22)18-8-7-15(2)16(3)13-18/h7-13H,4-6,14H2,1-3H3. The molecule has 4 rings (SSSR count). The topological polar surface area (TPSA) is 82.5 Å². The molecule has 0 aliphatic carbocycles. The lowest BCUT2D eigenvalue weighted by Gasteiger charge is -2.12. The summed E-state index contributed by atoms with van der Waals surface area (Å²) in [5, 5.41) is 13.8. The summed E-state index contributed by atoms with van der Waals surface area (Å²) in [4.78, 5) is 8.61. The molecule has 7 nitrogen and oxygen atoms in total. The maximum atomic E-state index is 5.35. The zero-order chi connectivity index (χ0) is 20.9. The van der Waals surface area contributed by atoms with Crippen LogP contribution in [0.5, 0.6) is 0 Å². The third kappa shape index (κ3) is 4.43. The molecule has 1 aromatic carbocycles. The van der Waals surface area contributed by atoms with Crippen LogP contribution in [0.3, 0.4) is 0 Å². The van der Waals surface area contributed by atoms with Crippen LogP contribution < -0.4 is 0 Å². The average molecular weight is 421 g/mol. The molecule has 0 amide bonds. The molecule has 30 heavy (non-hydrogen) atoms. The highest BCUT2D eigenvalue weighted by molar-refractivity contribution is 7.98. The van der Waals surface area contributed by atoms with Gasteiger partial charge in [-0.05, 0) is 55.7 Å². The number of benzene rings is 1. The molecule has 4 aromatic rings. The minimum Gasteiger partial charge on any atom is -0.339 e.